The summed E-state index contributed by atoms with van der Waals surface area (Å²) in [4.78, 5) is 46.1. The average molecular weight is 777 g/mol. The van der Waals surface area contributed by atoms with E-state index in [1.165, 1.54) is 18.1 Å². The normalized spacial score (nSPS) is 19.6. The first-order valence-electron chi connectivity index (χ1n) is 19.4. The second-order valence-electron chi connectivity index (χ2n) is 15.2. The number of methoxy groups -OCH3 is 1. The number of likely N-dealkylation sites (tertiary alicyclic amines) is 1. The number of fused-ring (bicyclic) bond motifs is 5. The molecule has 3 aliphatic rings. The van der Waals surface area contributed by atoms with Crippen molar-refractivity contribution in [2.45, 2.75) is 77.2 Å². The van der Waals surface area contributed by atoms with Gasteiger partial charge in [0, 0.05) is 27.9 Å². The molecule has 0 spiro atoms. The van der Waals surface area contributed by atoms with Crippen molar-refractivity contribution in [3.8, 4) is 39.5 Å². The number of hydrogen-bond donors (Lipinski definition) is 4. The second kappa shape index (κ2) is 14.6. The number of nitrogens with zero attached hydrogens (tertiary/aromatic N) is 4. The summed E-state index contributed by atoms with van der Waals surface area (Å²) in [6.07, 6.45) is 7.01. The number of imidazole rings is 2. The molecular weight excluding hydrogens is 732 g/mol. The lowest BCUT2D eigenvalue weighted by molar-refractivity contribution is -0.135. The molecule has 0 bridgehead atoms. The highest BCUT2D eigenvalue weighted by molar-refractivity contribution is 7.12. The maximum absolute atomic E-state index is 16.6. The van der Waals surface area contributed by atoms with E-state index in [0.29, 0.717) is 41.4 Å². The Labute approximate surface area is 327 Å². The second-order valence-corrected chi connectivity index (χ2v) is 16.4. The van der Waals surface area contributed by atoms with Gasteiger partial charge in [-0.2, -0.15) is 0 Å². The van der Waals surface area contributed by atoms with Gasteiger partial charge in [0.05, 0.1) is 64.6 Å². The van der Waals surface area contributed by atoms with Crippen LogP contribution in [0.1, 0.15) is 86.2 Å². The fraction of sp³-hybridized carbons (Fsp3) is 0.381. The van der Waals surface area contributed by atoms with E-state index in [2.05, 4.69) is 78.5 Å². The number of aryl methyl sites for hydroxylation is 1. The molecule has 4 N–H and O–H groups in total. The molecule has 2 saturated heterocycles. The number of amides is 2. The molecule has 2 amide bonds. The van der Waals surface area contributed by atoms with Gasteiger partial charge >= 0.3 is 6.09 Å². The van der Waals surface area contributed by atoms with Crippen molar-refractivity contribution in [3.63, 3.8) is 0 Å². The average Bonchev–Trinajstić information content (AvgIpc) is 4.06. The molecule has 4 atom stereocenters. The molecule has 0 aliphatic carbocycles. The fourth-order valence-electron chi connectivity index (χ4n) is 8.43. The maximum Gasteiger partial charge on any atom is 0.407 e. The third-order valence-corrected chi connectivity index (χ3v) is 12.6. The van der Waals surface area contributed by atoms with Gasteiger partial charge < -0.3 is 35.0 Å². The molecule has 12 nitrogen and oxygen atoms in total. The van der Waals surface area contributed by atoms with Crippen molar-refractivity contribution in [1.29, 1.82) is 0 Å². The van der Waals surface area contributed by atoms with Crippen molar-refractivity contribution in [1.82, 2.24) is 40.0 Å². The predicted octanol–water partition coefficient (Wildman–Crippen LogP) is 8.26. The molecule has 14 heteroatoms. The van der Waals surface area contributed by atoms with Crippen molar-refractivity contribution in [3.05, 3.63) is 88.1 Å². The van der Waals surface area contributed by atoms with Crippen LogP contribution in [0.25, 0.3) is 44.7 Å². The van der Waals surface area contributed by atoms with E-state index in [1.807, 2.05) is 26.1 Å². The minimum absolute atomic E-state index is 0.149. The molecule has 3 aliphatic heterocycles. The summed E-state index contributed by atoms with van der Waals surface area (Å²) in [5.74, 6) is 1.24. The third-order valence-electron chi connectivity index (χ3n) is 11.3. The highest BCUT2D eigenvalue weighted by Gasteiger charge is 2.38. The van der Waals surface area contributed by atoms with Gasteiger partial charge in [0.25, 0.3) is 0 Å². The van der Waals surface area contributed by atoms with Crippen LogP contribution >= 0.6 is 11.3 Å². The fourth-order valence-corrected chi connectivity index (χ4v) is 9.40. The number of carbonyl (C=O) groups excluding carboxylic acids is 2. The van der Waals surface area contributed by atoms with Gasteiger partial charge in [0.2, 0.25) is 12.1 Å². The summed E-state index contributed by atoms with van der Waals surface area (Å²) in [5, 5.41) is 7.17. The summed E-state index contributed by atoms with van der Waals surface area (Å²) in [5.41, 5.74) is 5.23. The molecule has 7 heterocycles. The Kier molecular flexibility index (Phi) is 9.40. The minimum atomic E-state index is -0.742. The lowest BCUT2D eigenvalue weighted by Gasteiger charge is -2.30. The van der Waals surface area contributed by atoms with E-state index in [0.717, 1.165) is 70.8 Å². The number of alkyl carbamates (subject to hydrolysis) is 1. The Balaban J connectivity index is 1.06. The van der Waals surface area contributed by atoms with Crippen molar-refractivity contribution in [2.75, 3.05) is 20.2 Å². The van der Waals surface area contributed by atoms with Gasteiger partial charge in [-0.3, -0.25) is 9.36 Å². The third kappa shape index (κ3) is 6.34. The van der Waals surface area contributed by atoms with Crippen molar-refractivity contribution in [2.24, 2.45) is 5.92 Å². The van der Waals surface area contributed by atoms with E-state index in [-0.39, 0.29) is 23.9 Å². The van der Waals surface area contributed by atoms with E-state index in [4.69, 9.17) is 9.47 Å². The highest BCUT2D eigenvalue weighted by Crippen LogP contribution is 2.48. The predicted molar refractivity (Wildman–Crippen MR) is 213 cm³/mol. The molecule has 290 valence electrons. The van der Waals surface area contributed by atoms with Crippen LogP contribution in [0.4, 0.5) is 9.18 Å². The Morgan fingerprint density at radius 1 is 1.02 bits per heavy atom. The first-order chi connectivity index (χ1) is 27.2. The summed E-state index contributed by atoms with van der Waals surface area (Å²) < 4.78 is 30.3. The first kappa shape index (κ1) is 36.2. The van der Waals surface area contributed by atoms with Gasteiger partial charge in [-0.05, 0) is 87.0 Å². The number of hydrogen-bond acceptors (Lipinski definition) is 8. The van der Waals surface area contributed by atoms with Crippen molar-refractivity contribution < 1.29 is 23.5 Å². The summed E-state index contributed by atoms with van der Waals surface area (Å²) in [7, 11) is 1.28. The lowest BCUT2D eigenvalue weighted by atomic mass is 10.0. The largest absolute Gasteiger partial charge is 0.464 e. The van der Waals surface area contributed by atoms with E-state index >= 15 is 4.39 Å². The van der Waals surface area contributed by atoms with Gasteiger partial charge in [0.15, 0.2) is 0 Å². The lowest BCUT2D eigenvalue weighted by Crippen LogP contribution is -2.51. The van der Waals surface area contributed by atoms with Crippen LogP contribution in [0.2, 0.25) is 0 Å². The van der Waals surface area contributed by atoms with E-state index in [1.54, 1.807) is 22.4 Å². The summed E-state index contributed by atoms with van der Waals surface area (Å²) >= 11 is 1.70. The number of benzene rings is 2. The quantitative estimate of drug-likeness (QED) is 0.116. The van der Waals surface area contributed by atoms with Crippen LogP contribution in [0.3, 0.4) is 0 Å². The number of nitrogens with one attached hydrogen (secondary N) is 4. The molecule has 56 heavy (non-hydrogen) atoms. The van der Waals surface area contributed by atoms with Crippen LogP contribution < -0.4 is 15.4 Å². The maximum atomic E-state index is 16.6. The molecule has 0 radical (unpaired) electrons. The van der Waals surface area contributed by atoms with Crippen LogP contribution in [-0.2, 0) is 16.0 Å². The zero-order chi connectivity index (χ0) is 38.7. The number of ether oxygens (including phenoxy) is 2. The SMILES string of the molecule is CCc1ccc(C2Oc3cc(-c4cnc(C5CCCN5C(=O)C(NC(=O)OC)C(C)C)[nH]4)cc(F)c3-c3cc4cc(-c5cnc(C6CCCN6)[nH]5)ccc4n32)s1. The summed E-state index contributed by atoms with van der Waals surface area (Å²) in [6.45, 7) is 7.44. The zero-order valence-corrected chi connectivity index (χ0v) is 32.6. The van der Waals surface area contributed by atoms with Crippen LogP contribution in [0, 0.1) is 11.7 Å². The standard InChI is InChI=1S/C42H45FN8O4S/c1-5-26-11-13-35(56-26)41-51-31-12-10-23(29-20-45-38(47-29)28-8-6-14-44-28)16-25(31)18-33(51)36-27(43)17-24(19-34(36)55-41)30-21-46-39(48-30)32-9-7-15-50(32)40(52)37(22(2)3)49-42(53)54-4/h10-13,16-22,28,32,37,41,44H,5-9,14-15H2,1-4H3,(H,45,47)(H,46,48)(H,49,53). The first-order valence-corrected chi connectivity index (χ1v) is 20.3. The highest BCUT2D eigenvalue weighted by atomic mass is 32.1. The number of carbonyl (C=O) groups is 2. The van der Waals surface area contributed by atoms with E-state index in [9.17, 15) is 9.59 Å². The molecule has 2 fully saturated rings. The zero-order valence-electron chi connectivity index (χ0n) is 31.8. The molecule has 6 aromatic rings. The number of halogens is 1. The van der Waals surface area contributed by atoms with Gasteiger partial charge in [-0.15, -0.1) is 11.3 Å². The topological polar surface area (TPSA) is 142 Å². The summed E-state index contributed by atoms with van der Waals surface area (Å²) in [6, 6.07) is 15.2. The molecule has 2 aromatic carbocycles. The molecule has 4 aromatic heterocycles. The van der Waals surface area contributed by atoms with Gasteiger partial charge in [-0.25, -0.2) is 19.2 Å². The molecule has 9 rings (SSSR count). The number of aromatic nitrogens is 5. The van der Waals surface area contributed by atoms with Crippen LogP contribution in [0.15, 0.2) is 60.9 Å². The number of thiophene rings is 1. The Bertz CT molecular complexity index is 2440. The Morgan fingerprint density at radius 3 is 2.57 bits per heavy atom. The number of H-pyrrole nitrogens is 2. The number of rotatable bonds is 9. The van der Waals surface area contributed by atoms with E-state index < -0.39 is 24.2 Å². The monoisotopic (exact) mass is 776 g/mol. The molecule has 4 unspecified atom stereocenters. The smallest absolute Gasteiger partial charge is 0.407 e. The molecule has 0 saturated carbocycles. The molecular formula is C42H45FN8O4S. The van der Waals surface area contributed by atoms with Crippen molar-refractivity contribution >= 4 is 34.2 Å². The van der Waals surface area contributed by atoms with Gasteiger partial charge in [-0.1, -0.05) is 26.8 Å². The Morgan fingerprint density at radius 2 is 1.82 bits per heavy atom. The Hall–Kier alpha value is -5.47. The van der Waals surface area contributed by atoms with Crippen LogP contribution in [0.5, 0.6) is 5.75 Å². The van der Waals surface area contributed by atoms with Gasteiger partial charge in [0.1, 0.15) is 29.3 Å². The number of aromatic amines is 2. The van der Waals surface area contributed by atoms with Crippen LogP contribution in [-0.4, -0.2) is 67.6 Å². The minimum Gasteiger partial charge on any atom is -0.464 e.